The molecule has 1 spiro atoms. The van der Waals surface area contributed by atoms with Gasteiger partial charge in [-0.1, -0.05) is 6.42 Å². The molecule has 0 aliphatic heterocycles. The molecule has 3 rings (SSSR count). The molecule has 1 atom stereocenters. The fourth-order valence-corrected chi connectivity index (χ4v) is 3.74. The van der Waals surface area contributed by atoms with Gasteiger partial charge in [0.25, 0.3) is 0 Å². The van der Waals surface area contributed by atoms with E-state index >= 15 is 0 Å². The van der Waals surface area contributed by atoms with E-state index < -0.39 is 12.7 Å². The lowest BCUT2D eigenvalue weighted by molar-refractivity contribution is -0.0529. The van der Waals surface area contributed by atoms with E-state index in [-0.39, 0.29) is 24.6 Å². The summed E-state index contributed by atoms with van der Waals surface area (Å²) in [6, 6.07) is 2.46. The number of carbonyl (C=O) groups excluding carboxylic acids is 1. The van der Waals surface area contributed by atoms with E-state index in [2.05, 4.69) is 20.4 Å². The van der Waals surface area contributed by atoms with Crippen LogP contribution in [0.25, 0.3) is 0 Å². The van der Waals surface area contributed by atoms with Crippen LogP contribution in [0.15, 0.2) is 18.3 Å². The lowest BCUT2D eigenvalue weighted by Crippen LogP contribution is -2.55. The topological polar surface area (TPSA) is 72.5 Å². The maximum Gasteiger partial charge on any atom is 0.388 e. The van der Waals surface area contributed by atoms with Crippen LogP contribution in [0.1, 0.15) is 43.7 Å². The van der Waals surface area contributed by atoms with Crippen LogP contribution in [0.3, 0.4) is 0 Å². The largest absolute Gasteiger partial charge is 0.417 e. The molecule has 1 aromatic heterocycles. The lowest BCUT2D eigenvalue weighted by Gasteiger charge is -2.54. The maximum absolute atomic E-state index is 12.3. The standard InChI is InChI=1S/C17H23F2N3O3/c1-24-10-13(11-3-6-20-14(7-11)25-15(18)19)22-16(23)21-12-8-17(9-12)4-2-5-17/h3,6-7,12-13,15H,2,4-5,8-10H2,1H3,(H2,21,22,23). The van der Waals surface area contributed by atoms with Gasteiger partial charge in [-0.25, -0.2) is 9.78 Å². The summed E-state index contributed by atoms with van der Waals surface area (Å²) in [4.78, 5) is 16.0. The first-order valence-electron chi connectivity index (χ1n) is 8.46. The van der Waals surface area contributed by atoms with Gasteiger partial charge in [0.1, 0.15) is 0 Å². The Morgan fingerprint density at radius 3 is 2.80 bits per heavy atom. The Labute approximate surface area is 145 Å². The van der Waals surface area contributed by atoms with Crippen LogP contribution in [0, 0.1) is 5.41 Å². The van der Waals surface area contributed by atoms with Crippen LogP contribution < -0.4 is 15.4 Å². The number of nitrogens with zero attached hydrogens (tertiary/aromatic N) is 1. The zero-order chi connectivity index (χ0) is 17.9. The first-order valence-corrected chi connectivity index (χ1v) is 8.46. The fourth-order valence-electron chi connectivity index (χ4n) is 3.74. The van der Waals surface area contributed by atoms with E-state index in [9.17, 15) is 13.6 Å². The van der Waals surface area contributed by atoms with Gasteiger partial charge in [0, 0.05) is 25.4 Å². The predicted molar refractivity (Wildman–Crippen MR) is 86.5 cm³/mol. The Hall–Kier alpha value is -1.96. The maximum atomic E-state index is 12.3. The zero-order valence-corrected chi connectivity index (χ0v) is 14.1. The van der Waals surface area contributed by atoms with Crippen LogP contribution in [0.4, 0.5) is 13.6 Å². The third-order valence-corrected chi connectivity index (χ3v) is 5.12. The highest BCUT2D eigenvalue weighted by Crippen LogP contribution is 2.55. The first-order chi connectivity index (χ1) is 12.0. The second kappa shape index (κ2) is 7.51. The Kier molecular flexibility index (Phi) is 5.36. The summed E-state index contributed by atoms with van der Waals surface area (Å²) < 4.78 is 34.1. The molecule has 0 radical (unpaired) electrons. The minimum Gasteiger partial charge on any atom is -0.417 e. The van der Waals surface area contributed by atoms with Crippen molar-refractivity contribution >= 4 is 6.03 Å². The molecule has 2 amide bonds. The van der Waals surface area contributed by atoms with Crippen molar-refractivity contribution in [1.82, 2.24) is 15.6 Å². The molecule has 2 N–H and O–H groups in total. The van der Waals surface area contributed by atoms with Crippen LogP contribution in [0.5, 0.6) is 5.88 Å². The molecule has 1 aromatic rings. The monoisotopic (exact) mass is 355 g/mol. The van der Waals surface area contributed by atoms with Crippen molar-refractivity contribution in [3.8, 4) is 5.88 Å². The van der Waals surface area contributed by atoms with E-state index in [0.717, 1.165) is 12.8 Å². The Morgan fingerprint density at radius 1 is 1.44 bits per heavy atom. The summed E-state index contributed by atoms with van der Waals surface area (Å²) in [6.45, 7) is -2.74. The highest BCUT2D eigenvalue weighted by atomic mass is 19.3. The smallest absolute Gasteiger partial charge is 0.388 e. The molecular formula is C17H23F2N3O3. The van der Waals surface area contributed by atoms with E-state index in [1.54, 1.807) is 6.07 Å². The van der Waals surface area contributed by atoms with Gasteiger partial charge in [-0.3, -0.25) is 0 Å². The minimum absolute atomic E-state index is 0.193. The van der Waals surface area contributed by atoms with E-state index in [0.29, 0.717) is 11.0 Å². The molecule has 2 aliphatic carbocycles. The van der Waals surface area contributed by atoms with E-state index in [1.807, 2.05) is 0 Å². The minimum atomic E-state index is -2.95. The molecule has 25 heavy (non-hydrogen) atoms. The second-order valence-corrected chi connectivity index (χ2v) is 6.89. The van der Waals surface area contributed by atoms with Crippen LogP contribution in [0.2, 0.25) is 0 Å². The first kappa shape index (κ1) is 17.8. The SMILES string of the molecule is COCC(NC(=O)NC1CC2(CCC2)C1)c1ccnc(OC(F)F)c1. The molecule has 2 saturated carbocycles. The highest BCUT2D eigenvalue weighted by molar-refractivity contribution is 5.75. The third-order valence-electron chi connectivity index (χ3n) is 5.12. The molecule has 0 saturated heterocycles. The Balaban J connectivity index is 1.56. The number of rotatable bonds is 7. The summed E-state index contributed by atoms with van der Waals surface area (Å²) in [5, 5.41) is 5.80. The Bertz CT molecular complexity index is 603. The molecule has 2 fully saturated rings. The second-order valence-electron chi connectivity index (χ2n) is 6.89. The van der Waals surface area contributed by atoms with Gasteiger partial charge in [-0.2, -0.15) is 8.78 Å². The van der Waals surface area contributed by atoms with E-state index in [4.69, 9.17) is 4.74 Å². The van der Waals surface area contributed by atoms with Crippen LogP contribution >= 0.6 is 0 Å². The van der Waals surface area contributed by atoms with Gasteiger partial charge < -0.3 is 20.1 Å². The number of hydrogen-bond acceptors (Lipinski definition) is 4. The predicted octanol–water partition coefficient (Wildman–Crippen LogP) is 3.00. The number of amides is 2. The van der Waals surface area contributed by atoms with Crippen molar-refractivity contribution in [2.45, 2.75) is 50.8 Å². The van der Waals surface area contributed by atoms with Gasteiger partial charge in [0.15, 0.2) is 0 Å². The van der Waals surface area contributed by atoms with Crippen molar-refractivity contribution in [3.63, 3.8) is 0 Å². The van der Waals surface area contributed by atoms with Crippen LogP contribution in [-0.4, -0.2) is 37.4 Å². The number of alkyl halides is 2. The average molecular weight is 355 g/mol. The van der Waals surface area contributed by atoms with Gasteiger partial charge in [-0.15, -0.1) is 0 Å². The molecule has 6 nitrogen and oxygen atoms in total. The number of hydrogen-bond donors (Lipinski definition) is 2. The average Bonchev–Trinajstić information content (AvgIpc) is 2.48. The number of halogens is 2. The number of methoxy groups -OCH3 is 1. The van der Waals surface area contributed by atoms with Gasteiger partial charge in [0.2, 0.25) is 5.88 Å². The number of carbonyl (C=O) groups is 1. The molecule has 1 unspecified atom stereocenters. The number of aromatic nitrogens is 1. The third kappa shape index (κ3) is 4.36. The molecule has 1 heterocycles. The van der Waals surface area contributed by atoms with Crippen LogP contribution in [-0.2, 0) is 4.74 Å². The van der Waals surface area contributed by atoms with Crippen molar-refractivity contribution in [3.05, 3.63) is 23.9 Å². The molecular weight excluding hydrogens is 332 g/mol. The molecule has 0 aromatic carbocycles. The van der Waals surface area contributed by atoms with Gasteiger partial charge >= 0.3 is 12.6 Å². The number of pyridine rings is 1. The normalized spacial score (nSPS) is 19.8. The Morgan fingerprint density at radius 2 is 2.20 bits per heavy atom. The van der Waals surface area contributed by atoms with Gasteiger partial charge in [-0.05, 0) is 42.7 Å². The van der Waals surface area contributed by atoms with Crippen molar-refractivity contribution in [1.29, 1.82) is 0 Å². The lowest BCUT2D eigenvalue weighted by atomic mass is 9.54. The molecule has 0 bridgehead atoms. The zero-order valence-electron chi connectivity index (χ0n) is 14.1. The van der Waals surface area contributed by atoms with Crippen molar-refractivity contribution in [2.75, 3.05) is 13.7 Å². The number of nitrogens with one attached hydrogen (secondary N) is 2. The summed E-state index contributed by atoms with van der Waals surface area (Å²) in [5.41, 5.74) is 1.07. The molecule has 138 valence electrons. The van der Waals surface area contributed by atoms with Crippen molar-refractivity contribution < 1.29 is 23.0 Å². The van der Waals surface area contributed by atoms with Gasteiger partial charge in [0.05, 0.1) is 12.6 Å². The molecule has 2 aliphatic rings. The summed E-state index contributed by atoms with van der Waals surface area (Å²) in [7, 11) is 1.51. The summed E-state index contributed by atoms with van der Waals surface area (Å²) >= 11 is 0. The van der Waals surface area contributed by atoms with Crippen molar-refractivity contribution in [2.24, 2.45) is 5.41 Å². The van der Waals surface area contributed by atoms with E-state index in [1.165, 1.54) is 38.6 Å². The number of ether oxygens (including phenoxy) is 2. The summed E-state index contributed by atoms with van der Waals surface area (Å²) in [6.07, 6.45) is 7.27. The highest BCUT2D eigenvalue weighted by Gasteiger charge is 2.48. The fraction of sp³-hybridized carbons (Fsp3) is 0.647. The quantitative estimate of drug-likeness (QED) is 0.789. The number of urea groups is 1. The summed E-state index contributed by atoms with van der Waals surface area (Å²) in [5.74, 6) is -0.193. The molecule has 8 heteroatoms.